The number of nitrogens with one attached hydrogen (secondary N) is 1. The second-order valence-electron chi connectivity index (χ2n) is 6.25. The predicted octanol–water partition coefficient (Wildman–Crippen LogP) is 0.426. The van der Waals surface area contributed by atoms with Crippen molar-refractivity contribution >= 4 is 0 Å². The van der Waals surface area contributed by atoms with E-state index in [1.807, 2.05) is 12.3 Å². The molecule has 0 radical (unpaired) electrons. The smallest absolute Gasteiger partial charge is 0.0788 e. The summed E-state index contributed by atoms with van der Waals surface area (Å²) in [6.45, 7) is 7.18. The van der Waals surface area contributed by atoms with E-state index in [1.54, 1.807) is 13.8 Å². The molecule has 0 atom stereocenters. The first kappa shape index (κ1) is 17.4. The van der Waals surface area contributed by atoms with Crippen molar-refractivity contribution in [2.24, 2.45) is 5.73 Å². The summed E-state index contributed by atoms with van der Waals surface area (Å²) < 4.78 is 0. The predicted molar refractivity (Wildman–Crippen MR) is 82.4 cm³/mol. The van der Waals surface area contributed by atoms with Crippen LogP contribution in [0, 0.1) is 0 Å². The zero-order chi connectivity index (χ0) is 15.1. The lowest BCUT2D eigenvalue weighted by Crippen LogP contribution is -2.53. The number of piperidine rings is 1. The van der Waals surface area contributed by atoms with E-state index in [4.69, 9.17) is 5.73 Å². The van der Waals surface area contributed by atoms with Crippen molar-refractivity contribution in [1.82, 2.24) is 10.2 Å². The largest absolute Gasteiger partial charge is 0.396 e. The molecule has 0 saturated carbocycles. The van der Waals surface area contributed by atoms with Crippen LogP contribution in [0.3, 0.4) is 0 Å². The number of hydrogen-bond donors (Lipinski definition) is 4. The molecule has 0 aromatic rings. The molecule has 0 unspecified atom stereocenters. The molecule has 0 amide bonds. The Balaban J connectivity index is 2.88. The molecule has 1 aliphatic rings. The van der Waals surface area contributed by atoms with Crippen LogP contribution in [0.2, 0.25) is 0 Å². The fourth-order valence-electron chi connectivity index (χ4n) is 2.78. The maximum absolute atomic E-state index is 9.90. The highest BCUT2D eigenvalue weighted by Gasteiger charge is 2.35. The van der Waals surface area contributed by atoms with E-state index in [2.05, 4.69) is 10.2 Å². The van der Waals surface area contributed by atoms with Crippen LogP contribution < -0.4 is 11.1 Å². The molecule has 0 aliphatic carbocycles. The zero-order valence-electron chi connectivity index (χ0n) is 12.9. The minimum atomic E-state index is -0.825. The van der Waals surface area contributed by atoms with Gasteiger partial charge in [-0.15, -0.1) is 0 Å². The first-order valence-corrected chi connectivity index (χ1v) is 7.64. The van der Waals surface area contributed by atoms with Crippen LogP contribution in [-0.2, 0) is 0 Å². The number of nitrogens with zero attached hydrogens (tertiary/aromatic N) is 1. The third-order valence-corrected chi connectivity index (χ3v) is 3.99. The summed E-state index contributed by atoms with van der Waals surface area (Å²) in [5.74, 6) is 0. The Morgan fingerprint density at radius 3 is 2.50 bits per heavy atom. The van der Waals surface area contributed by atoms with Gasteiger partial charge in [0.25, 0.3) is 0 Å². The normalized spacial score (nSPS) is 19.4. The fraction of sp³-hybridized carbons (Fsp3) is 0.867. The molecule has 0 spiro atoms. The summed E-state index contributed by atoms with van der Waals surface area (Å²) in [7, 11) is 0. The molecule has 1 heterocycles. The van der Waals surface area contributed by atoms with Crippen molar-refractivity contribution < 1.29 is 10.2 Å². The zero-order valence-corrected chi connectivity index (χ0v) is 12.9. The van der Waals surface area contributed by atoms with E-state index in [0.717, 1.165) is 45.3 Å². The number of aliphatic hydroxyl groups is 2. The second kappa shape index (κ2) is 7.98. The Bertz CT molecular complexity index is 288. The third kappa shape index (κ3) is 5.40. The van der Waals surface area contributed by atoms with Gasteiger partial charge in [0, 0.05) is 18.7 Å². The topological polar surface area (TPSA) is 81.8 Å². The number of rotatable bonds is 8. The average molecular weight is 285 g/mol. The standard InChI is InChI=1S/C15H31N3O2/c1-14(2,20)6-12-18(11-3-8-16)15(7-13-19)4-9-17-10-5-15/h6,12,17,19-20H,3-5,7-11,13,16H2,1-2H3. The van der Waals surface area contributed by atoms with Crippen molar-refractivity contribution in [3.05, 3.63) is 12.3 Å². The van der Waals surface area contributed by atoms with Gasteiger partial charge < -0.3 is 26.2 Å². The molecule has 0 aromatic carbocycles. The van der Waals surface area contributed by atoms with E-state index < -0.39 is 5.60 Å². The van der Waals surface area contributed by atoms with Crippen LogP contribution in [0.15, 0.2) is 12.3 Å². The minimum absolute atomic E-state index is 0.0169. The van der Waals surface area contributed by atoms with Gasteiger partial charge >= 0.3 is 0 Å². The molecule has 1 aliphatic heterocycles. The van der Waals surface area contributed by atoms with Crippen LogP contribution in [0.4, 0.5) is 0 Å². The summed E-state index contributed by atoms with van der Waals surface area (Å²) in [5.41, 5.74) is 4.80. The quantitative estimate of drug-likeness (QED) is 0.520. The Kier molecular flexibility index (Phi) is 6.95. The van der Waals surface area contributed by atoms with Crippen LogP contribution in [0.1, 0.15) is 39.5 Å². The van der Waals surface area contributed by atoms with Gasteiger partial charge in [-0.25, -0.2) is 0 Å². The van der Waals surface area contributed by atoms with Crippen LogP contribution in [0.5, 0.6) is 0 Å². The van der Waals surface area contributed by atoms with Crippen LogP contribution in [0.25, 0.3) is 0 Å². The lowest BCUT2D eigenvalue weighted by molar-refractivity contribution is 0.0675. The number of nitrogens with two attached hydrogens (primary N) is 1. The minimum Gasteiger partial charge on any atom is -0.396 e. The monoisotopic (exact) mass is 285 g/mol. The van der Waals surface area contributed by atoms with Crippen LogP contribution >= 0.6 is 0 Å². The molecule has 1 rings (SSSR count). The molecule has 5 nitrogen and oxygen atoms in total. The summed E-state index contributed by atoms with van der Waals surface area (Å²) in [4.78, 5) is 2.29. The van der Waals surface area contributed by atoms with Crippen molar-refractivity contribution in [3.8, 4) is 0 Å². The Hall–Kier alpha value is -0.620. The van der Waals surface area contributed by atoms with Gasteiger partial charge in [-0.1, -0.05) is 0 Å². The van der Waals surface area contributed by atoms with Gasteiger partial charge in [-0.2, -0.15) is 0 Å². The van der Waals surface area contributed by atoms with E-state index in [1.165, 1.54) is 0 Å². The number of aliphatic hydroxyl groups excluding tert-OH is 1. The fourth-order valence-corrected chi connectivity index (χ4v) is 2.78. The Morgan fingerprint density at radius 1 is 1.35 bits per heavy atom. The molecule has 1 saturated heterocycles. The Morgan fingerprint density at radius 2 is 2.00 bits per heavy atom. The molecular formula is C15H31N3O2. The molecule has 5 N–H and O–H groups in total. The first-order chi connectivity index (χ1) is 9.43. The molecule has 118 valence electrons. The highest BCUT2D eigenvalue weighted by molar-refractivity contribution is 5.03. The maximum Gasteiger partial charge on any atom is 0.0788 e. The average Bonchev–Trinajstić information content (AvgIpc) is 2.39. The summed E-state index contributed by atoms with van der Waals surface area (Å²) >= 11 is 0. The molecule has 1 fully saturated rings. The molecule has 20 heavy (non-hydrogen) atoms. The SMILES string of the molecule is CC(C)(O)C=CN(CCCN)C1(CCO)CCNCC1. The van der Waals surface area contributed by atoms with Crippen molar-refractivity contribution in [3.63, 3.8) is 0 Å². The van der Waals surface area contributed by atoms with Crippen molar-refractivity contribution in [2.75, 3.05) is 32.8 Å². The van der Waals surface area contributed by atoms with Gasteiger partial charge in [0.15, 0.2) is 0 Å². The molecule has 0 bridgehead atoms. The van der Waals surface area contributed by atoms with E-state index in [9.17, 15) is 10.2 Å². The molecule has 5 heteroatoms. The highest BCUT2D eigenvalue weighted by Crippen LogP contribution is 2.30. The van der Waals surface area contributed by atoms with Gasteiger partial charge in [0.2, 0.25) is 0 Å². The van der Waals surface area contributed by atoms with Crippen molar-refractivity contribution in [2.45, 2.75) is 50.7 Å². The van der Waals surface area contributed by atoms with E-state index in [-0.39, 0.29) is 12.1 Å². The Labute approximate surface area is 122 Å². The third-order valence-electron chi connectivity index (χ3n) is 3.99. The molecule has 0 aromatic heterocycles. The summed E-state index contributed by atoms with van der Waals surface area (Å²) in [6, 6.07) is 0. The van der Waals surface area contributed by atoms with Gasteiger partial charge in [0.1, 0.15) is 0 Å². The lowest BCUT2D eigenvalue weighted by atomic mass is 9.83. The van der Waals surface area contributed by atoms with E-state index in [0.29, 0.717) is 6.54 Å². The summed E-state index contributed by atoms with van der Waals surface area (Å²) in [6.07, 6.45) is 7.51. The van der Waals surface area contributed by atoms with Crippen molar-refractivity contribution in [1.29, 1.82) is 0 Å². The lowest BCUT2D eigenvalue weighted by Gasteiger charge is -2.47. The van der Waals surface area contributed by atoms with E-state index >= 15 is 0 Å². The maximum atomic E-state index is 9.90. The second-order valence-corrected chi connectivity index (χ2v) is 6.25. The summed E-state index contributed by atoms with van der Waals surface area (Å²) in [5, 5.41) is 22.7. The van der Waals surface area contributed by atoms with Gasteiger partial charge in [-0.05, 0) is 71.4 Å². The van der Waals surface area contributed by atoms with Crippen LogP contribution in [-0.4, -0.2) is 59.0 Å². The first-order valence-electron chi connectivity index (χ1n) is 7.64. The number of hydrogen-bond acceptors (Lipinski definition) is 5. The highest BCUT2D eigenvalue weighted by atomic mass is 16.3. The van der Waals surface area contributed by atoms with Gasteiger partial charge in [0.05, 0.1) is 5.60 Å². The molecular weight excluding hydrogens is 254 g/mol. The van der Waals surface area contributed by atoms with Gasteiger partial charge in [-0.3, -0.25) is 0 Å².